The van der Waals surface area contributed by atoms with Crippen molar-refractivity contribution in [2.75, 3.05) is 6.54 Å². The lowest BCUT2D eigenvalue weighted by molar-refractivity contribution is -0.135. The van der Waals surface area contributed by atoms with Crippen molar-refractivity contribution < 1.29 is 9.90 Å². The standard InChI is InChI=1S/C13H11N.C2H5NO2/c14-13(11-7-3-1-4-8-11)12-9-5-2-6-10-12;3-1-2(4)5/h1-10,14H;1,3H2,(H,4,5). The molecule has 0 aliphatic carbocycles. The Morgan fingerprint density at radius 1 is 0.947 bits per heavy atom. The van der Waals surface area contributed by atoms with Gasteiger partial charge in [0.1, 0.15) is 0 Å². The van der Waals surface area contributed by atoms with Gasteiger partial charge in [-0.1, -0.05) is 60.7 Å². The SMILES string of the molecule is N=C(c1ccccc1)c1ccccc1.NCC(=O)O. The van der Waals surface area contributed by atoms with Crippen LogP contribution in [-0.4, -0.2) is 23.3 Å². The molecule has 0 unspecified atom stereocenters. The average Bonchev–Trinajstić information content (AvgIpc) is 2.49. The summed E-state index contributed by atoms with van der Waals surface area (Å²) in [7, 11) is 0. The Bertz CT molecular complexity index is 483. The number of benzene rings is 2. The van der Waals surface area contributed by atoms with Crippen molar-refractivity contribution in [1.82, 2.24) is 0 Å². The van der Waals surface area contributed by atoms with Crippen molar-refractivity contribution in [3.05, 3.63) is 71.8 Å². The minimum absolute atomic E-state index is 0.278. The number of rotatable bonds is 3. The minimum atomic E-state index is -0.968. The molecule has 4 N–H and O–H groups in total. The molecule has 0 bridgehead atoms. The van der Waals surface area contributed by atoms with Gasteiger partial charge in [0.05, 0.1) is 12.3 Å². The predicted octanol–water partition coefficient (Wildman–Crippen LogP) is 2.13. The van der Waals surface area contributed by atoms with Crippen LogP contribution < -0.4 is 5.73 Å². The molecule has 2 aromatic rings. The molecule has 0 aliphatic heterocycles. The number of hydrogen-bond acceptors (Lipinski definition) is 3. The van der Waals surface area contributed by atoms with Crippen molar-refractivity contribution >= 4 is 11.7 Å². The summed E-state index contributed by atoms with van der Waals surface area (Å²) in [6.45, 7) is -0.278. The molecule has 0 amide bonds. The van der Waals surface area contributed by atoms with E-state index < -0.39 is 5.97 Å². The van der Waals surface area contributed by atoms with Gasteiger partial charge in [-0.05, 0) is 11.1 Å². The van der Waals surface area contributed by atoms with Gasteiger partial charge in [-0.15, -0.1) is 0 Å². The van der Waals surface area contributed by atoms with E-state index in [9.17, 15) is 4.79 Å². The van der Waals surface area contributed by atoms with Gasteiger partial charge >= 0.3 is 5.97 Å². The van der Waals surface area contributed by atoms with Crippen molar-refractivity contribution in [2.45, 2.75) is 0 Å². The second-order valence-corrected chi connectivity index (χ2v) is 3.70. The van der Waals surface area contributed by atoms with Crippen LogP contribution in [0.2, 0.25) is 0 Å². The molecule has 0 atom stereocenters. The molecule has 2 rings (SSSR count). The molecule has 0 aliphatic rings. The first-order chi connectivity index (χ1) is 9.15. The maximum absolute atomic E-state index is 9.24. The van der Waals surface area contributed by atoms with Crippen LogP contribution in [0.3, 0.4) is 0 Å². The van der Waals surface area contributed by atoms with E-state index in [0.717, 1.165) is 11.1 Å². The second kappa shape index (κ2) is 7.79. The van der Waals surface area contributed by atoms with E-state index in [4.69, 9.17) is 10.5 Å². The molecule has 0 saturated carbocycles. The second-order valence-electron chi connectivity index (χ2n) is 3.70. The molecule has 4 nitrogen and oxygen atoms in total. The van der Waals surface area contributed by atoms with Gasteiger partial charge in [-0.3, -0.25) is 10.2 Å². The Labute approximate surface area is 112 Å². The number of hydrogen-bond donors (Lipinski definition) is 3. The largest absolute Gasteiger partial charge is 0.480 e. The highest BCUT2D eigenvalue weighted by molar-refractivity contribution is 6.10. The minimum Gasteiger partial charge on any atom is -0.480 e. The highest BCUT2D eigenvalue weighted by Crippen LogP contribution is 2.08. The normalized spacial score (nSPS) is 9.11. The molecule has 0 heterocycles. The van der Waals surface area contributed by atoms with Gasteiger partial charge in [-0.2, -0.15) is 0 Å². The highest BCUT2D eigenvalue weighted by atomic mass is 16.4. The third-order valence-electron chi connectivity index (χ3n) is 2.30. The Morgan fingerprint density at radius 3 is 1.53 bits per heavy atom. The summed E-state index contributed by atoms with van der Waals surface area (Å²) >= 11 is 0. The Morgan fingerprint density at radius 2 is 1.26 bits per heavy atom. The van der Waals surface area contributed by atoms with Gasteiger partial charge in [-0.25, -0.2) is 0 Å². The first-order valence-electron chi connectivity index (χ1n) is 5.76. The summed E-state index contributed by atoms with van der Waals surface area (Å²) in [6, 6.07) is 19.5. The monoisotopic (exact) mass is 256 g/mol. The first-order valence-corrected chi connectivity index (χ1v) is 5.76. The number of carboxylic acids is 1. The zero-order valence-corrected chi connectivity index (χ0v) is 10.4. The van der Waals surface area contributed by atoms with E-state index in [1.165, 1.54) is 0 Å². The fourth-order valence-electron chi connectivity index (χ4n) is 1.38. The molecule has 0 fully saturated rings. The van der Waals surface area contributed by atoms with Crippen LogP contribution in [0.25, 0.3) is 0 Å². The topological polar surface area (TPSA) is 87.2 Å². The third kappa shape index (κ3) is 5.14. The fourth-order valence-corrected chi connectivity index (χ4v) is 1.38. The van der Waals surface area contributed by atoms with Crippen molar-refractivity contribution in [3.63, 3.8) is 0 Å². The third-order valence-corrected chi connectivity index (χ3v) is 2.30. The number of aliphatic carboxylic acids is 1. The van der Waals surface area contributed by atoms with E-state index >= 15 is 0 Å². The zero-order valence-electron chi connectivity index (χ0n) is 10.4. The van der Waals surface area contributed by atoms with Crippen LogP contribution in [0, 0.1) is 5.41 Å². The molecule has 0 saturated heterocycles. The van der Waals surface area contributed by atoms with Crippen LogP contribution in [0.15, 0.2) is 60.7 Å². The summed E-state index contributed by atoms with van der Waals surface area (Å²) in [5.74, 6) is -0.968. The van der Waals surface area contributed by atoms with Crippen molar-refractivity contribution in [3.8, 4) is 0 Å². The Kier molecular flexibility index (Phi) is 5.98. The molecule has 0 spiro atoms. The van der Waals surface area contributed by atoms with Crippen LogP contribution in [-0.2, 0) is 4.79 Å². The van der Waals surface area contributed by atoms with E-state index in [-0.39, 0.29) is 6.54 Å². The lowest BCUT2D eigenvalue weighted by Gasteiger charge is -2.02. The van der Waals surface area contributed by atoms with Gasteiger partial charge in [0.2, 0.25) is 0 Å². The average molecular weight is 256 g/mol. The summed E-state index contributed by atoms with van der Waals surface area (Å²) in [4.78, 5) is 9.24. The molecular formula is C15H16N2O2. The van der Waals surface area contributed by atoms with Gasteiger partial charge in [0, 0.05) is 0 Å². The molecule has 19 heavy (non-hydrogen) atoms. The van der Waals surface area contributed by atoms with Crippen LogP contribution in [0.5, 0.6) is 0 Å². The lowest BCUT2D eigenvalue weighted by Crippen LogP contribution is -2.10. The Balaban J connectivity index is 0.000000312. The van der Waals surface area contributed by atoms with Crippen molar-refractivity contribution in [1.29, 1.82) is 5.41 Å². The number of carboxylic acid groups (broad SMARTS) is 1. The van der Waals surface area contributed by atoms with E-state index in [1.54, 1.807) is 0 Å². The molecule has 98 valence electrons. The van der Waals surface area contributed by atoms with E-state index in [2.05, 4.69) is 5.73 Å². The number of nitrogens with two attached hydrogens (primary N) is 1. The molecule has 0 aromatic heterocycles. The summed E-state index contributed by atoms with van der Waals surface area (Å²) in [6.07, 6.45) is 0. The summed E-state index contributed by atoms with van der Waals surface area (Å²) in [5.41, 5.74) is 7.06. The lowest BCUT2D eigenvalue weighted by atomic mass is 10.0. The van der Waals surface area contributed by atoms with Gasteiger partial charge < -0.3 is 10.8 Å². The highest BCUT2D eigenvalue weighted by Gasteiger charge is 2.01. The fraction of sp³-hybridized carbons (Fsp3) is 0.0667. The first kappa shape index (κ1) is 14.6. The Hall–Kier alpha value is -2.46. The zero-order chi connectivity index (χ0) is 14.1. The smallest absolute Gasteiger partial charge is 0.317 e. The maximum atomic E-state index is 9.24. The molecular weight excluding hydrogens is 240 g/mol. The molecule has 0 radical (unpaired) electrons. The maximum Gasteiger partial charge on any atom is 0.317 e. The van der Waals surface area contributed by atoms with E-state index in [0.29, 0.717) is 5.71 Å². The summed E-state index contributed by atoms with van der Waals surface area (Å²) in [5, 5.41) is 15.6. The van der Waals surface area contributed by atoms with Gasteiger partial charge in [0.25, 0.3) is 0 Å². The quantitative estimate of drug-likeness (QED) is 0.735. The van der Waals surface area contributed by atoms with Crippen LogP contribution in [0.1, 0.15) is 11.1 Å². The number of carbonyl (C=O) groups is 1. The van der Waals surface area contributed by atoms with Crippen molar-refractivity contribution in [2.24, 2.45) is 5.73 Å². The van der Waals surface area contributed by atoms with Crippen LogP contribution in [0.4, 0.5) is 0 Å². The molecule has 4 heteroatoms. The van der Waals surface area contributed by atoms with E-state index in [1.807, 2.05) is 60.7 Å². The number of nitrogens with one attached hydrogen (secondary N) is 1. The van der Waals surface area contributed by atoms with Crippen LogP contribution >= 0.6 is 0 Å². The molecule has 2 aromatic carbocycles. The van der Waals surface area contributed by atoms with Gasteiger partial charge in [0.15, 0.2) is 0 Å². The predicted molar refractivity (Wildman–Crippen MR) is 75.5 cm³/mol. The summed E-state index contributed by atoms with van der Waals surface area (Å²) < 4.78 is 0.